The van der Waals surface area contributed by atoms with Crippen LogP contribution in [0.4, 0.5) is 20.2 Å². The maximum Gasteiger partial charge on any atom is 0.281 e. The van der Waals surface area contributed by atoms with Gasteiger partial charge in [-0.15, -0.1) is 0 Å². The van der Waals surface area contributed by atoms with E-state index in [0.29, 0.717) is 58.6 Å². The number of aryl methyl sites for hydroxylation is 3. The minimum Gasteiger partial charge on any atom is -0.506 e. The maximum atomic E-state index is 16.2. The molecule has 0 saturated heterocycles. The number of halogens is 2. The number of nitrogens with zero attached hydrogens (tertiary/aromatic N) is 2. The number of rotatable bonds is 5. The number of para-hydroxylation sites is 1. The van der Waals surface area contributed by atoms with Crippen LogP contribution in [-0.4, -0.2) is 22.6 Å². The summed E-state index contributed by atoms with van der Waals surface area (Å²) < 4.78 is 48.0. The molecule has 2 aliphatic heterocycles. The minimum atomic E-state index is -1.07. The van der Waals surface area contributed by atoms with Crippen molar-refractivity contribution in [3.8, 4) is 11.5 Å². The number of aromatic nitrogens is 1. The second kappa shape index (κ2) is 11.0. The molecule has 228 valence electrons. The second-order valence-electron chi connectivity index (χ2n) is 12.0. The zero-order valence-corrected chi connectivity index (χ0v) is 25.1. The van der Waals surface area contributed by atoms with Gasteiger partial charge >= 0.3 is 0 Å². The third kappa shape index (κ3) is 5.36. The monoisotopic (exact) mass is 601 g/mol. The molecule has 0 fully saturated rings. The molecule has 0 spiro atoms. The lowest BCUT2D eigenvalue weighted by Gasteiger charge is -2.37. The Balaban J connectivity index is 1.47. The summed E-state index contributed by atoms with van der Waals surface area (Å²) >= 11 is 0. The topological polar surface area (TPSA) is 97.1 Å². The van der Waals surface area contributed by atoms with E-state index in [2.05, 4.69) is 10.3 Å². The number of carbonyl (C=O) groups is 1. The van der Waals surface area contributed by atoms with Crippen LogP contribution in [0, 0.1) is 37.8 Å². The Morgan fingerprint density at radius 3 is 2.61 bits per heavy atom. The van der Waals surface area contributed by atoms with Crippen molar-refractivity contribution in [2.75, 3.05) is 16.8 Å². The Bertz CT molecular complexity index is 1810. The Morgan fingerprint density at radius 2 is 1.91 bits per heavy atom. The van der Waals surface area contributed by atoms with Gasteiger partial charge < -0.3 is 24.3 Å². The van der Waals surface area contributed by atoms with Crippen molar-refractivity contribution >= 4 is 17.3 Å². The van der Waals surface area contributed by atoms with Gasteiger partial charge in [0.15, 0.2) is 11.6 Å². The SMILES string of the molecule is Cc1nc(C(=O)N2c3cccc(O)c3NC3=C(OCC(C)(C)C3)C2c2ccc(OCc3ccc(C)c(F)c3)cc2F)c(C)o1. The van der Waals surface area contributed by atoms with Crippen LogP contribution < -0.4 is 15.0 Å². The van der Waals surface area contributed by atoms with Gasteiger partial charge in [0.05, 0.1) is 18.0 Å². The second-order valence-corrected chi connectivity index (χ2v) is 12.0. The fourth-order valence-electron chi connectivity index (χ4n) is 5.65. The van der Waals surface area contributed by atoms with Crippen molar-refractivity contribution in [1.82, 2.24) is 4.98 Å². The van der Waals surface area contributed by atoms with Gasteiger partial charge in [-0.2, -0.15) is 0 Å². The van der Waals surface area contributed by atoms with Gasteiger partial charge in [0.25, 0.3) is 5.91 Å². The molecular weight excluding hydrogens is 568 g/mol. The van der Waals surface area contributed by atoms with Crippen LogP contribution in [0.1, 0.15) is 65.1 Å². The standard InChI is InChI=1S/C34H33F2N3O5/c1-18-9-10-21(13-24(18)35)16-42-22-11-12-23(25(36)14-22)31-32-26(15-34(4,5)17-43-32)38-30-27(7-6-8-28(30)40)39(31)33(41)29-19(2)44-20(3)37-29/h6-14,31,38,40H,15-17H2,1-5H3. The maximum absolute atomic E-state index is 16.2. The van der Waals surface area contributed by atoms with Gasteiger partial charge in [0.1, 0.15) is 53.0 Å². The predicted molar refractivity (Wildman–Crippen MR) is 161 cm³/mol. The van der Waals surface area contributed by atoms with E-state index in [0.717, 1.165) is 0 Å². The largest absolute Gasteiger partial charge is 0.506 e. The lowest BCUT2D eigenvalue weighted by molar-refractivity contribution is 0.0756. The minimum absolute atomic E-state index is 0.0406. The van der Waals surface area contributed by atoms with Crippen molar-refractivity contribution < 1.29 is 32.6 Å². The molecule has 0 bridgehead atoms. The predicted octanol–water partition coefficient (Wildman–Crippen LogP) is 7.63. The number of carbonyl (C=O) groups excluding carboxylic acids is 1. The first-order valence-corrected chi connectivity index (χ1v) is 14.3. The van der Waals surface area contributed by atoms with Crippen LogP contribution in [0.5, 0.6) is 11.5 Å². The van der Waals surface area contributed by atoms with E-state index in [1.807, 2.05) is 13.8 Å². The molecule has 6 rings (SSSR count). The van der Waals surface area contributed by atoms with Crippen LogP contribution in [0.15, 0.2) is 70.5 Å². The van der Waals surface area contributed by atoms with E-state index >= 15 is 4.39 Å². The fourth-order valence-corrected chi connectivity index (χ4v) is 5.65. The summed E-state index contributed by atoms with van der Waals surface area (Å²) in [4.78, 5) is 20.1. The smallest absolute Gasteiger partial charge is 0.281 e. The van der Waals surface area contributed by atoms with Crippen molar-refractivity contribution in [3.63, 3.8) is 0 Å². The number of ether oxygens (including phenoxy) is 2. The molecule has 0 aliphatic carbocycles. The Labute approximate surface area is 253 Å². The molecule has 0 saturated carbocycles. The zero-order chi connectivity index (χ0) is 31.3. The number of phenolic OH excluding ortho intramolecular Hbond substituents is 1. The van der Waals surface area contributed by atoms with E-state index in [9.17, 15) is 14.3 Å². The zero-order valence-electron chi connectivity index (χ0n) is 25.1. The molecule has 1 aromatic heterocycles. The van der Waals surface area contributed by atoms with Crippen LogP contribution in [0.3, 0.4) is 0 Å². The number of fused-ring (bicyclic) bond motifs is 1. The highest BCUT2D eigenvalue weighted by Crippen LogP contribution is 2.50. The highest BCUT2D eigenvalue weighted by molar-refractivity contribution is 6.09. The summed E-state index contributed by atoms with van der Waals surface area (Å²) in [7, 11) is 0. The van der Waals surface area contributed by atoms with Crippen LogP contribution in [0.25, 0.3) is 0 Å². The summed E-state index contributed by atoms with van der Waals surface area (Å²) in [6, 6.07) is 12.9. The van der Waals surface area contributed by atoms with E-state index in [1.165, 1.54) is 23.1 Å². The van der Waals surface area contributed by atoms with Crippen molar-refractivity contribution in [3.05, 3.63) is 112 Å². The normalized spacial score (nSPS) is 17.2. The van der Waals surface area contributed by atoms with E-state index in [1.54, 1.807) is 57.2 Å². The molecule has 8 nitrogen and oxygen atoms in total. The number of benzene rings is 3. The summed E-state index contributed by atoms with van der Waals surface area (Å²) in [5.74, 6) is -0.417. The number of allylic oxidation sites excluding steroid dienone is 1. The summed E-state index contributed by atoms with van der Waals surface area (Å²) in [6.07, 6.45) is 0.520. The molecule has 4 aromatic rings. The first-order chi connectivity index (χ1) is 20.9. The summed E-state index contributed by atoms with van der Waals surface area (Å²) in [5.41, 5.74) is 2.30. The Hall–Kier alpha value is -4.86. The number of phenols is 1. The number of hydrogen-bond donors (Lipinski definition) is 2. The Kier molecular flexibility index (Phi) is 7.31. The molecule has 2 aliphatic rings. The van der Waals surface area contributed by atoms with Gasteiger partial charge in [0, 0.05) is 24.0 Å². The molecule has 1 amide bonds. The van der Waals surface area contributed by atoms with Gasteiger partial charge in [0.2, 0.25) is 0 Å². The van der Waals surface area contributed by atoms with E-state index in [-0.39, 0.29) is 40.6 Å². The molecule has 1 unspecified atom stereocenters. The molecule has 2 N–H and O–H groups in total. The number of oxazole rings is 1. The molecule has 1 atom stereocenters. The Morgan fingerprint density at radius 1 is 1.11 bits per heavy atom. The molecule has 44 heavy (non-hydrogen) atoms. The number of amides is 1. The quantitative estimate of drug-likeness (QED) is 0.227. The molecule has 3 heterocycles. The average molecular weight is 602 g/mol. The van der Waals surface area contributed by atoms with Crippen LogP contribution >= 0.6 is 0 Å². The summed E-state index contributed by atoms with van der Waals surface area (Å²) in [6.45, 7) is 9.40. The average Bonchev–Trinajstić information content (AvgIpc) is 3.23. The highest BCUT2D eigenvalue weighted by atomic mass is 19.1. The third-order valence-corrected chi connectivity index (χ3v) is 7.87. The molecule has 3 aromatic carbocycles. The molecular formula is C34H33F2N3O5. The number of hydrogen-bond acceptors (Lipinski definition) is 7. The fraction of sp³-hybridized carbons (Fsp3) is 0.294. The molecule has 10 heteroatoms. The van der Waals surface area contributed by atoms with Gasteiger partial charge in [-0.05, 0) is 61.7 Å². The van der Waals surface area contributed by atoms with Crippen molar-refractivity contribution in [2.45, 2.75) is 53.7 Å². The van der Waals surface area contributed by atoms with Crippen LogP contribution in [0.2, 0.25) is 0 Å². The number of aromatic hydroxyl groups is 1. The number of anilines is 2. The first-order valence-electron chi connectivity index (χ1n) is 14.3. The molecule has 0 radical (unpaired) electrons. The number of nitrogens with one attached hydrogen (secondary N) is 1. The summed E-state index contributed by atoms with van der Waals surface area (Å²) in [5, 5.41) is 14.3. The lowest BCUT2D eigenvalue weighted by atomic mass is 9.85. The first kappa shape index (κ1) is 29.2. The van der Waals surface area contributed by atoms with Crippen LogP contribution in [-0.2, 0) is 11.3 Å². The highest BCUT2D eigenvalue weighted by Gasteiger charge is 2.43. The third-order valence-electron chi connectivity index (χ3n) is 7.87. The lowest BCUT2D eigenvalue weighted by Crippen LogP contribution is -2.39. The van der Waals surface area contributed by atoms with Gasteiger partial charge in [-0.1, -0.05) is 32.0 Å². The van der Waals surface area contributed by atoms with E-state index in [4.69, 9.17) is 13.9 Å². The van der Waals surface area contributed by atoms with Gasteiger partial charge in [-0.3, -0.25) is 9.69 Å². The van der Waals surface area contributed by atoms with Crippen molar-refractivity contribution in [2.24, 2.45) is 5.41 Å². The van der Waals surface area contributed by atoms with Gasteiger partial charge in [-0.25, -0.2) is 13.8 Å². The van der Waals surface area contributed by atoms with E-state index < -0.39 is 17.8 Å². The van der Waals surface area contributed by atoms with Crippen molar-refractivity contribution in [1.29, 1.82) is 0 Å².